The van der Waals surface area contributed by atoms with Crippen LogP contribution in [0, 0.1) is 36.5 Å². The van der Waals surface area contributed by atoms with Crippen molar-refractivity contribution in [1.29, 1.82) is 10.5 Å². The number of nitriles is 2. The molecule has 0 saturated heterocycles. The highest BCUT2D eigenvalue weighted by Crippen LogP contribution is 2.15. The summed E-state index contributed by atoms with van der Waals surface area (Å²) in [4.78, 5) is 16.2. The number of aromatic nitrogens is 3. The fourth-order valence-corrected chi connectivity index (χ4v) is 2.75. The van der Waals surface area contributed by atoms with Crippen LogP contribution in [-0.4, -0.2) is 33.8 Å². The van der Waals surface area contributed by atoms with Crippen LogP contribution in [0.15, 0.2) is 18.3 Å². The third kappa shape index (κ3) is 5.82. The molecule has 8 nitrogen and oxygen atoms in total. The second-order valence-electron chi connectivity index (χ2n) is 6.10. The molecule has 2 aromatic heterocycles. The third-order valence-corrected chi connectivity index (χ3v) is 4.21. The number of rotatable bonds is 9. The fraction of sp³-hybridized carbons (Fsp3) is 0.421. The number of nitrogens with one attached hydrogen (secondary N) is 2. The van der Waals surface area contributed by atoms with Crippen molar-refractivity contribution in [2.75, 3.05) is 18.4 Å². The van der Waals surface area contributed by atoms with Crippen LogP contribution in [0.5, 0.6) is 0 Å². The topological polar surface area (TPSA) is 119 Å². The number of anilines is 1. The molecule has 27 heavy (non-hydrogen) atoms. The maximum absolute atomic E-state index is 12.1. The highest BCUT2D eigenvalue weighted by molar-refractivity contribution is 5.76. The Balaban J connectivity index is 1.72. The molecular weight excluding hydrogens is 342 g/mol. The Morgan fingerprint density at radius 3 is 2.74 bits per heavy atom. The molecule has 0 aromatic carbocycles. The molecule has 2 N–H and O–H groups in total. The van der Waals surface area contributed by atoms with Crippen LogP contribution in [0.1, 0.15) is 35.4 Å². The van der Waals surface area contributed by atoms with E-state index in [-0.39, 0.29) is 5.91 Å². The predicted octanol–water partition coefficient (Wildman–Crippen LogP) is 1.84. The molecule has 0 fully saturated rings. The van der Waals surface area contributed by atoms with Gasteiger partial charge < -0.3 is 10.6 Å². The lowest BCUT2D eigenvalue weighted by molar-refractivity contribution is -0.120. The number of pyridine rings is 1. The number of amides is 1. The van der Waals surface area contributed by atoms with Gasteiger partial charge in [0.1, 0.15) is 11.9 Å². The lowest BCUT2D eigenvalue weighted by Crippen LogP contribution is -2.29. The van der Waals surface area contributed by atoms with E-state index in [1.807, 2.05) is 24.6 Å². The normalized spacial score (nSPS) is 10.1. The zero-order chi connectivity index (χ0) is 19.6. The van der Waals surface area contributed by atoms with E-state index in [2.05, 4.69) is 26.8 Å². The maximum atomic E-state index is 12.1. The van der Waals surface area contributed by atoms with Crippen molar-refractivity contribution in [3.8, 4) is 12.1 Å². The number of carbonyl (C=O) groups is 1. The Kier molecular flexibility index (Phi) is 7.33. The van der Waals surface area contributed by atoms with Crippen LogP contribution < -0.4 is 10.6 Å². The van der Waals surface area contributed by atoms with Crippen molar-refractivity contribution >= 4 is 11.7 Å². The van der Waals surface area contributed by atoms with E-state index in [1.165, 1.54) is 6.20 Å². The molecule has 0 aliphatic heterocycles. The molecule has 140 valence electrons. The van der Waals surface area contributed by atoms with Gasteiger partial charge in [-0.2, -0.15) is 15.6 Å². The van der Waals surface area contributed by atoms with E-state index in [0.717, 1.165) is 17.0 Å². The first-order valence-electron chi connectivity index (χ1n) is 8.81. The zero-order valence-corrected chi connectivity index (χ0v) is 15.6. The summed E-state index contributed by atoms with van der Waals surface area (Å²) in [5.41, 5.74) is 3.51. The first-order chi connectivity index (χ1) is 13.0. The number of aryl methyl sites for hydroxylation is 2. The van der Waals surface area contributed by atoms with Gasteiger partial charge in [0, 0.05) is 31.4 Å². The average molecular weight is 365 g/mol. The summed E-state index contributed by atoms with van der Waals surface area (Å²) in [7, 11) is 0. The molecule has 1 amide bonds. The van der Waals surface area contributed by atoms with Crippen LogP contribution >= 0.6 is 0 Å². The molecule has 0 aliphatic carbocycles. The minimum Gasteiger partial charge on any atom is -0.368 e. The van der Waals surface area contributed by atoms with Crippen LogP contribution in [0.25, 0.3) is 0 Å². The predicted molar refractivity (Wildman–Crippen MR) is 101 cm³/mol. The highest BCUT2D eigenvalue weighted by Gasteiger charge is 2.12. The summed E-state index contributed by atoms with van der Waals surface area (Å²) >= 11 is 0. The van der Waals surface area contributed by atoms with E-state index < -0.39 is 0 Å². The summed E-state index contributed by atoms with van der Waals surface area (Å²) in [6, 6.07) is 7.56. The fourth-order valence-electron chi connectivity index (χ4n) is 2.75. The van der Waals surface area contributed by atoms with Crippen LogP contribution in [0.3, 0.4) is 0 Å². The Hall–Kier alpha value is -3.39. The monoisotopic (exact) mass is 365 g/mol. The van der Waals surface area contributed by atoms with Gasteiger partial charge in [0.05, 0.1) is 30.3 Å². The standard InChI is InChI=1S/C19H23N7O/c1-14-17(15(2)26(25-14)11-3-8-20)5-7-19(27)23-10-9-22-18-6-4-16(12-21)13-24-18/h4,6,13H,3,5,7,9-11H2,1-2H3,(H,22,24)(H,23,27). The molecule has 0 saturated carbocycles. The van der Waals surface area contributed by atoms with Crippen molar-refractivity contribution in [2.45, 2.75) is 39.7 Å². The van der Waals surface area contributed by atoms with E-state index in [9.17, 15) is 4.79 Å². The second kappa shape index (κ2) is 9.93. The van der Waals surface area contributed by atoms with Gasteiger partial charge in [-0.05, 0) is 38.0 Å². The molecule has 8 heteroatoms. The Bertz CT molecular complexity index is 856. The van der Waals surface area contributed by atoms with Gasteiger partial charge in [-0.3, -0.25) is 9.48 Å². The van der Waals surface area contributed by atoms with E-state index in [4.69, 9.17) is 10.5 Å². The smallest absolute Gasteiger partial charge is 0.220 e. The van der Waals surface area contributed by atoms with Crippen LogP contribution in [0.2, 0.25) is 0 Å². The van der Waals surface area contributed by atoms with Crippen molar-refractivity contribution in [3.63, 3.8) is 0 Å². The van der Waals surface area contributed by atoms with Gasteiger partial charge in [0.2, 0.25) is 5.91 Å². The first-order valence-corrected chi connectivity index (χ1v) is 8.81. The zero-order valence-electron chi connectivity index (χ0n) is 15.6. The quantitative estimate of drug-likeness (QED) is 0.654. The lowest BCUT2D eigenvalue weighted by atomic mass is 10.1. The van der Waals surface area contributed by atoms with E-state index >= 15 is 0 Å². The molecule has 0 atom stereocenters. The van der Waals surface area contributed by atoms with Gasteiger partial charge >= 0.3 is 0 Å². The van der Waals surface area contributed by atoms with Gasteiger partial charge in [0.15, 0.2) is 0 Å². The number of nitrogens with zero attached hydrogens (tertiary/aromatic N) is 5. The van der Waals surface area contributed by atoms with Crippen LogP contribution in [-0.2, 0) is 17.8 Å². The summed E-state index contributed by atoms with van der Waals surface area (Å²) in [5, 5.41) is 27.8. The minimum atomic E-state index is -0.0202. The molecule has 0 spiro atoms. The third-order valence-electron chi connectivity index (χ3n) is 4.21. The van der Waals surface area contributed by atoms with Crippen molar-refractivity contribution < 1.29 is 4.79 Å². The molecule has 0 aliphatic rings. The molecule has 0 bridgehead atoms. The molecule has 2 rings (SSSR count). The Morgan fingerprint density at radius 1 is 1.26 bits per heavy atom. The van der Waals surface area contributed by atoms with Crippen LogP contribution in [0.4, 0.5) is 5.82 Å². The Labute approximate surface area is 158 Å². The molecule has 2 aromatic rings. The van der Waals surface area contributed by atoms with Gasteiger partial charge in [0.25, 0.3) is 0 Å². The van der Waals surface area contributed by atoms with E-state index in [0.29, 0.717) is 50.3 Å². The summed E-state index contributed by atoms with van der Waals surface area (Å²) in [5.74, 6) is 0.646. The van der Waals surface area contributed by atoms with Crippen molar-refractivity contribution in [3.05, 3.63) is 40.8 Å². The molecule has 2 heterocycles. The highest BCUT2D eigenvalue weighted by atomic mass is 16.1. The SMILES string of the molecule is Cc1nn(CCC#N)c(C)c1CCC(=O)NCCNc1ccc(C#N)cn1. The first kappa shape index (κ1) is 19.9. The summed E-state index contributed by atoms with van der Waals surface area (Å²) in [6.07, 6.45) is 2.94. The minimum absolute atomic E-state index is 0.0202. The summed E-state index contributed by atoms with van der Waals surface area (Å²) in [6.45, 7) is 5.51. The van der Waals surface area contributed by atoms with Crippen molar-refractivity contribution in [1.82, 2.24) is 20.1 Å². The molecule has 0 unspecified atom stereocenters. The largest absolute Gasteiger partial charge is 0.368 e. The van der Waals surface area contributed by atoms with E-state index in [1.54, 1.807) is 12.1 Å². The molecule has 0 radical (unpaired) electrons. The van der Waals surface area contributed by atoms with Gasteiger partial charge in [-0.15, -0.1) is 0 Å². The van der Waals surface area contributed by atoms with Gasteiger partial charge in [-0.1, -0.05) is 0 Å². The number of hydrogen-bond acceptors (Lipinski definition) is 6. The average Bonchev–Trinajstić information content (AvgIpc) is 2.95. The lowest BCUT2D eigenvalue weighted by Gasteiger charge is -2.08. The van der Waals surface area contributed by atoms with Crippen molar-refractivity contribution in [2.24, 2.45) is 0 Å². The second-order valence-corrected chi connectivity index (χ2v) is 6.10. The Morgan fingerprint density at radius 2 is 2.07 bits per heavy atom. The van der Waals surface area contributed by atoms with Gasteiger partial charge in [-0.25, -0.2) is 4.98 Å². The molecular formula is C19H23N7O. The number of carbonyl (C=O) groups excluding carboxylic acids is 1. The number of hydrogen-bond donors (Lipinski definition) is 2. The maximum Gasteiger partial charge on any atom is 0.220 e. The summed E-state index contributed by atoms with van der Waals surface area (Å²) < 4.78 is 1.83.